The summed E-state index contributed by atoms with van der Waals surface area (Å²) in [7, 11) is 0. The minimum absolute atomic E-state index is 0. The fourth-order valence-electron chi connectivity index (χ4n) is 1.68. The maximum absolute atomic E-state index is 11.1. The molecule has 0 aliphatic rings. The van der Waals surface area contributed by atoms with E-state index in [1.54, 1.807) is 0 Å². The molecule has 0 aromatic heterocycles. The molecule has 0 heterocycles. The van der Waals surface area contributed by atoms with Crippen LogP contribution in [-0.4, -0.2) is 18.5 Å². The second kappa shape index (κ2) is 8.09. The number of hydrogen-bond acceptors (Lipinski definition) is 2. The van der Waals surface area contributed by atoms with Crippen LogP contribution in [0.5, 0.6) is 0 Å². The van der Waals surface area contributed by atoms with Crippen LogP contribution in [0.1, 0.15) is 19.4 Å². The maximum Gasteiger partial charge on any atom is 0.234 e. The van der Waals surface area contributed by atoms with Gasteiger partial charge in [-0.15, -0.1) is 12.4 Å². The number of rotatable bonds is 6. The number of nitrogens with one attached hydrogen (secondary N) is 1. The average molecular weight is 257 g/mol. The summed E-state index contributed by atoms with van der Waals surface area (Å²) in [6, 6.07) is 9.96. The quantitative estimate of drug-likeness (QED) is 0.815. The second-order valence-corrected chi connectivity index (χ2v) is 4.31. The van der Waals surface area contributed by atoms with Crippen LogP contribution in [0.15, 0.2) is 30.3 Å². The monoisotopic (exact) mass is 256 g/mol. The first-order chi connectivity index (χ1) is 7.61. The Morgan fingerprint density at radius 3 is 2.35 bits per heavy atom. The molecule has 0 fully saturated rings. The van der Waals surface area contributed by atoms with Crippen LogP contribution in [0.25, 0.3) is 0 Å². The summed E-state index contributed by atoms with van der Waals surface area (Å²) in [5, 5.41) is 3.19. The fraction of sp³-hybridized carbons (Fsp3) is 0.462. The summed E-state index contributed by atoms with van der Waals surface area (Å²) in [5.74, 6) is -0.0451. The molecule has 17 heavy (non-hydrogen) atoms. The highest BCUT2D eigenvalue weighted by Gasteiger charge is 2.17. The Kier molecular flexibility index (Phi) is 7.59. The Morgan fingerprint density at radius 2 is 1.88 bits per heavy atom. The van der Waals surface area contributed by atoms with Crippen LogP contribution in [0.2, 0.25) is 0 Å². The number of carbonyl (C=O) groups is 1. The summed E-state index contributed by atoms with van der Waals surface area (Å²) in [4.78, 5) is 11.1. The van der Waals surface area contributed by atoms with Crippen molar-refractivity contribution in [3.63, 3.8) is 0 Å². The van der Waals surface area contributed by atoms with E-state index in [1.165, 1.54) is 5.56 Å². The highest BCUT2D eigenvalue weighted by Crippen LogP contribution is 2.02. The molecule has 0 saturated carbocycles. The Balaban J connectivity index is 0.00000256. The molecule has 0 aliphatic heterocycles. The number of halogens is 1. The van der Waals surface area contributed by atoms with E-state index < -0.39 is 0 Å². The van der Waals surface area contributed by atoms with Gasteiger partial charge in [-0.2, -0.15) is 0 Å². The minimum atomic E-state index is -0.275. The summed E-state index contributed by atoms with van der Waals surface area (Å²) in [6.07, 6.45) is 0.914. The number of amides is 1. The first-order valence-electron chi connectivity index (χ1n) is 5.68. The third-order valence-corrected chi connectivity index (χ3v) is 2.59. The third-order valence-electron chi connectivity index (χ3n) is 2.59. The van der Waals surface area contributed by atoms with E-state index in [4.69, 9.17) is 5.73 Å². The molecular weight excluding hydrogens is 236 g/mol. The van der Waals surface area contributed by atoms with Gasteiger partial charge >= 0.3 is 0 Å². The van der Waals surface area contributed by atoms with Crippen molar-refractivity contribution >= 4 is 18.3 Å². The second-order valence-electron chi connectivity index (χ2n) is 4.31. The molecule has 0 bridgehead atoms. The van der Waals surface area contributed by atoms with Gasteiger partial charge in [-0.1, -0.05) is 44.2 Å². The lowest BCUT2D eigenvalue weighted by molar-refractivity contribution is -0.120. The normalized spacial score (nSPS) is 11.9. The van der Waals surface area contributed by atoms with Gasteiger partial charge in [0.05, 0.1) is 6.04 Å². The van der Waals surface area contributed by atoms with E-state index in [9.17, 15) is 4.79 Å². The SMILES string of the molecule is CC(C)[C@H](NCCc1ccccc1)C(N)=O.Cl. The molecule has 1 aromatic rings. The van der Waals surface area contributed by atoms with Crippen molar-refractivity contribution < 1.29 is 4.79 Å². The van der Waals surface area contributed by atoms with Crippen LogP contribution in [-0.2, 0) is 11.2 Å². The number of benzene rings is 1. The van der Waals surface area contributed by atoms with Crippen LogP contribution in [0.3, 0.4) is 0 Å². The molecule has 1 aromatic carbocycles. The smallest absolute Gasteiger partial charge is 0.234 e. The molecule has 96 valence electrons. The topological polar surface area (TPSA) is 55.1 Å². The predicted molar refractivity (Wildman–Crippen MR) is 73.2 cm³/mol. The van der Waals surface area contributed by atoms with E-state index in [1.807, 2.05) is 32.0 Å². The number of carbonyl (C=O) groups excluding carboxylic acids is 1. The highest BCUT2D eigenvalue weighted by atomic mass is 35.5. The largest absolute Gasteiger partial charge is 0.368 e. The van der Waals surface area contributed by atoms with Crippen molar-refractivity contribution in [1.29, 1.82) is 0 Å². The Labute approximate surface area is 109 Å². The van der Waals surface area contributed by atoms with Crippen molar-refractivity contribution in [3.8, 4) is 0 Å². The van der Waals surface area contributed by atoms with Gasteiger partial charge in [0.2, 0.25) is 5.91 Å². The summed E-state index contributed by atoms with van der Waals surface area (Å²) in [5.41, 5.74) is 6.58. The van der Waals surface area contributed by atoms with Gasteiger partial charge in [-0.05, 0) is 24.4 Å². The van der Waals surface area contributed by atoms with Gasteiger partial charge in [0.25, 0.3) is 0 Å². The van der Waals surface area contributed by atoms with Crippen LogP contribution < -0.4 is 11.1 Å². The maximum atomic E-state index is 11.1. The first kappa shape index (κ1) is 15.9. The van der Waals surface area contributed by atoms with Gasteiger partial charge in [-0.3, -0.25) is 4.79 Å². The van der Waals surface area contributed by atoms with E-state index in [0.29, 0.717) is 0 Å². The van der Waals surface area contributed by atoms with Crippen molar-refractivity contribution in [1.82, 2.24) is 5.32 Å². The molecule has 4 heteroatoms. The molecule has 1 amide bonds. The van der Waals surface area contributed by atoms with E-state index in [0.717, 1.165) is 13.0 Å². The molecule has 0 aliphatic carbocycles. The zero-order valence-electron chi connectivity index (χ0n) is 10.3. The molecule has 1 atom stereocenters. The third kappa shape index (κ3) is 5.71. The Morgan fingerprint density at radius 1 is 1.29 bits per heavy atom. The summed E-state index contributed by atoms with van der Waals surface area (Å²) >= 11 is 0. The number of hydrogen-bond donors (Lipinski definition) is 2. The van der Waals surface area contributed by atoms with Crippen molar-refractivity contribution in [2.24, 2.45) is 11.7 Å². The molecule has 0 saturated heterocycles. The highest BCUT2D eigenvalue weighted by molar-refractivity contribution is 5.85. The van der Waals surface area contributed by atoms with Gasteiger partial charge < -0.3 is 11.1 Å². The van der Waals surface area contributed by atoms with E-state index in [-0.39, 0.29) is 30.3 Å². The molecule has 0 radical (unpaired) electrons. The van der Waals surface area contributed by atoms with E-state index in [2.05, 4.69) is 17.4 Å². The van der Waals surface area contributed by atoms with Gasteiger partial charge in [-0.25, -0.2) is 0 Å². The number of primary amides is 1. The van der Waals surface area contributed by atoms with Crippen molar-refractivity contribution in [2.45, 2.75) is 26.3 Å². The first-order valence-corrected chi connectivity index (χ1v) is 5.68. The summed E-state index contributed by atoms with van der Waals surface area (Å²) < 4.78 is 0. The van der Waals surface area contributed by atoms with Crippen molar-refractivity contribution in [3.05, 3.63) is 35.9 Å². The zero-order valence-corrected chi connectivity index (χ0v) is 11.2. The summed E-state index contributed by atoms with van der Waals surface area (Å²) in [6.45, 7) is 4.76. The lowest BCUT2D eigenvalue weighted by atomic mass is 10.0. The van der Waals surface area contributed by atoms with Gasteiger partial charge in [0, 0.05) is 0 Å². The standard InChI is InChI=1S/C13H20N2O.ClH/c1-10(2)12(13(14)16)15-9-8-11-6-4-3-5-7-11;/h3-7,10,12,15H,8-9H2,1-2H3,(H2,14,16);1H/t12-;/m0./s1. The average Bonchev–Trinajstić information content (AvgIpc) is 2.24. The van der Waals surface area contributed by atoms with Crippen molar-refractivity contribution in [2.75, 3.05) is 6.54 Å². The molecule has 0 unspecified atom stereocenters. The fourth-order valence-corrected chi connectivity index (χ4v) is 1.68. The van der Waals surface area contributed by atoms with Crippen LogP contribution >= 0.6 is 12.4 Å². The molecule has 3 N–H and O–H groups in total. The minimum Gasteiger partial charge on any atom is -0.368 e. The molecule has 1 rings (SSSR count). The van der Waals surface area contributed by atoms with Crippen LogP contribution in [0.4, 0.5) is 0 Å². The lowest BCUT2D eigenvalue weighted by Gasteiger charge is -2.18. The molecule has 3 nitrogen and oxygen atoms in total. The predicted octanol–water partition coefficient (Wildman–Crippen LogP) is 1.75. The molecular formula is C13H21ClN2O. The zero-order chi connectivity index (χ0) is 12.0. The number of nitrogens with two attached hydrogens (primary N) is 1. The van der Waals surface area contributed by atoms with Gasteiger partial charge in [0.15, 0.2) is 0 Å². The Bertz CT molecular complexity index is 327. The van der Waals surface area contributed by atoms with Crippen LogP contribution in [0, 0.1) is 5.92 Å². The van der Waals surface area contributed by atoms with Gasteiger partial charge in [0.1, 0.15) is 0 Å². The Hall–Kier alpha value is -1.06. The van der Waals surface area contributed by atoms with E-state index >= 15 is 0 Å². The lowest BCUT2D eigenvalue weighted by Crippen LogP contribution is -2.45. The molecule has 0 spiro atoms.